The lowest BCUT2D eigenvalue weighted by atomic mass is 9.78. The van der Waals surface area contributed by atoms with Crippen LogP contribution in [0.4, 0.5) is 0 Å². The van der Waals surface area contributed by atoms with Crippen LogP contribution in [0.2, 0.25) is 0 Å². The summed E-state index contributed by atoms with van der Waals surface area (Å²) in [5.74, 6) is -4.75. The Morgan fingerprint density at radius 1 is 0.545 bits per heavy atom. The Morgan fingerprint density at radius 2 is 1.15 bits per heavy atom. The van der Waals surface area contributed by atoms with E-state index >= 15 is 0 Å². The lowest BCUT2D eigenvalue weighted by molar-refractivity contribution is 0.446. The zero-order valence-electron chi connectivity index (χ0n) is 52.1. The van der Waals surface area contributed by atoms with Crippen LogP contribution < -0.4 is 0 Å². The van der Waals surface area contributed by atoms with E-state index < -0.39 is 50.1 Å². The van der Waals surface area contributed by atoms with Gasteiger partial charge in [0.25, 0.3) is 0 Å². The Balaban J connectivity index is 1.62. The number of fused-ring (bicyclic) bond motifs is 1. The maximum Gasteiger partial charge on any atom is 0.149 e. The largest absolute Gasteiger partial charge is 0.507 e. The number of aromatic hydroxyl groups is 1. The highest BCUT2D eigenvalue weighted by Gasteiger charge is 2.31. The number of hydrogen-bond acceptors (Lipinski definition) is 3. The Kier molecular flexibility index (Phi) is 8.66. The van der Waals surface area contributed by atoms with Crippen LogP contribution in [0.1, 0.15) is 157 Å². The topological polar surface area (TPSA) is 50.9 Å². The van der Waals surface area contributed by atoms with Crippen molar-refractivity contribution >= 4 is 11.0 Å². The fourth-order valence-electron chi connectivity index (χ4n) is 9.10. The molecule has 0 spiro atoms. The summed E-state index contributed by atoms with van der Waals surface area (Å²) in [5, 5.41) is 12.8. The van der Waals surface area contributed by atoms with E-state index in [1.807, 2.05) is 71.9 Å². The SMILES string of the molecule is [2H]C([2H])([2H])C(c1cc(-c2ccccc2)cc(C(C([2H])([2H])[2H])C([2H])([2H])[2H])c1-n1c(-c2cc(C(C)(C)C)cc(C(C)(C)C)c2O)nc2c(-c3cc(-c4cc(-c5c(C)cccc5C)ccn4)cc(C(C)(C)C)c3)cccc21)C([2H])([2H])[2H]. The fraction of sp³-hybridized carbons (Fsp3) is 0.323. The molecule has 0 bridgehead atoms. The minimum Gasteiger partial charge on any atom is -0.507 e. The van der Waals surface area contributed by atoms with Crippen molar-refractivity contribution in [2.75, 3.05) is 0 Å². The number of imidazole rings is 1. The van der Waals surface area contributed by atoms with Crippen molar-refractivity contribution in [2.24, 2.45) is 0 Å². The molecule has 66 heavy (non-hydrogen) atoms. The summed E-state index contributed by atoms with van der Waals surface area (Å²) in [6.45, 7) is 9.41. The molecule has 4 nitrogen and oxygen atoms in total. The minimum absolute atomic E-state index is 0.00125. The van der Waals surface area contributed by atoms with Gasteiger partial charge in [0.15, 0.2) is 0 Å². The molecule has 4 heteroatoms. The van der Waals surface area contributed by atoms with Crippen LogP contribution >= 0.6 is 0 Å². The standard InChI is InChI=1S/C62H69N3O/c1-37(2)49-32-43(41-23-17-16-18-24-41)33-50(38(3)4)57(49)65-54-26-20-25-48(56(54)64-59(65)51-35-47(61(10,11)12)36-52(58(51)66)62(13,14)15)44-29-45(31-46(30-44)60(7,8)9)53-34-42(27-28-63-53)55-39(5)21-19-22-40(55)6/h16-38,66H,1-15H3/i1D3,2D3,3D3,4D3. The maximum absolute atomic E-state index is 12.8. The van der Waals surface area contributed by atoms with Crippen LogP contribution in [0.15, 0.2) is 128 Å². The Hall–Kier alpha value is -6.26. The maximum atomic E-state index is 12.8. The quantitative estimate of drug-likeness (QED) is 0.165. The van der Waals surface area contributed by atoms with E-state index in [0.717, 1.165) is 38.9 Å². The zero-order valence-corrected chi connectivity index (χ0v) is 40.1. The number of aromatic nitrogens is 3. The van der Waals surface area contributed by atoms with E-state index in [9.17, 15) is 5.11 Å². The van der Waals surface area contributed by atoms with Gasteiger partial charge in [-0.15, -0.1) is 0 Å². The molecule has 1 N–H and O–H groups in total. The second-order valence-electron chi connectivity index (χ2n) is 20.8. The van der Waals surface area contributed by atoms with Gasteiger partial charge in [-0.25, -0.2) is 4.98 Å². The number of hydrogen-bond donors (Lipinski definition) is 1. The molecule has 338 valence electrons. The van der Waals surface area contributed by atoms with E-state index in [1.165, 1.54) is 16.7 Å². The summed E-state index contributed by atoms with van der Waals surface area (Å²) in [4.78, 5) is 10.4. The number of para-hydroxylation sites is 1. The zero-order chi connectivity index (χ0) is 57.6. The van der Waals surface area contributed by atoms with Crippen molar-refractivity contribution in [3.63, 3.8) is 0 Å². The predicted molar refractivity (Wildman–Crippen MR) is 281 cm³/mol. The van der Waals surface area contributed by atoms with Crippen LogP contribution in [0.5, 0.6) is 5.75 Å². The summed E-state index contributed by atoms with van der Waals surface area (Å²) >= 11 is 0. The molecule has 6 aromatic carbocycles. The first-order valence-corrected chi connectivity index (χ1v) is 22.7. The van der Waals surface area contributed by atoms with Gasteiger partial charge in [-0.3, -0.25) is 9.55 Å². The lowest BCUT2D eigenvalue weighted by Crippen LogP contribution is -2.17. The third-order valence-electron chi connectivity index (χ3n) is 12.8. The molecule has 0 radical (unpaired) electrons. The number of phenols is 1. The highest BCUT2D eigenvalue weighted by Crippen LogP contribution is 2.47. The minimum atomic E-state index is -3.26. The predicted octanol–water partition coefficient (Wildman–Crippen LogP) is 17.2. The van der Waals surface area contributed by atoms with Crippen molar-refractivity contribution in [3.8, 4) is 67.5 Å². The Labute approximate surface area is 411 Å². The highest BCUT2D eigenvalue weighted by atomic mass is 16.3. The Morgan fingerprint density at radius 3 is 1.76 bits per heavy atom. The molecule has 0 fully saturated rings. The molecule has 8 rings (SSSR count). The van der Waals surface area contributed by atoms with E-state index in [-0.39, 0.29) is 50.4 Å². The van der Waals surface area contributed by atoms with Crippen molar-refractivity contribution in [1.82, 2.24) is 14.5 Å². The molecular weight excluding hydrogens is 803 g/mol. The molecule has 0 aliphatic rings. The van der Waals surface area contributed by atoms with Crippen LogP contribution in [-0.2, 0) is 16.2 Å². The van der Waals surface area contributed by atoms with E-state index in [2.05, 4.69) is 65.0 Å². The molecule has 2 heterocycles. The molecular formula is C62H69N3O. The first-order valence-electron chi connectivity index (χ1n) is 28.7. The number of benzene rings is 6. The number of nitrogens with zero attached hydrogens (tertiary/aromatic N) is 3. The number of phenolic OH excluding ortho intramolecular Hbond substituents is 1. The van der Waals surface area contributed by atoms with Crippen LogP contribution in [0, 0.1) is 13.8 Å². The molecule has 0 amide bonds. The first kappa shape index (κ1) is 33.2. The van der Waals surface area contributed by atoms with Gasteiger partial charge in [0, 0.05) is 39.3 Å². The van der Waals surface area contributed by atoms with Crippen LogP contribution in [0.3, 0.4) is 0 Å². The van der Waals surface area contributed by atoms with E-state index in [4.69, 9.17) is 26.4 Å². The second-order valence-corrected chi connectivity index (χ2v) is 20.8. The summed E-state index contributed by atoms with van der Waals surface area (Å²) in [7, 11) is 0. The summed E-state index contributed by atoms with van der Waals surface area (Å²) in [5.41, 5.74) is 8.38. The average molecular weight is 884 g/mol. The normalized spacial score (nSPS) is 16.0. The van der Waals surface area contributed by atoms with Gasteiger partial charge in [-0.2, -0.15) is 0 Å². The summed E-state index contributed by atoms with van der Waals surface area (Å²) in [6.07, 6.45) is 1.80. The van der Waals surface area contributed by atoms with E-state index in [0.29, 0.717) is 33.5 Å². The molecule has 0 aliphatic carbocycles. The van der Waals surface area contributed by atoms with Crippen LogP contribution in [-0.4, -0.2) is 19.6 Å². The van der Waals surface area contributed by atoms with Gasteiger partial charge in [0.05, 0.1) is 28.0 Å². The second kappa shape index (κ2) is 17.2. The number of rotatable bonds is 8. The van der Waals surface area contributed by atoms with Crippen molar-refractivity contribution in [2.45, 2.75) is 132 Å². The monoisotopic (exact) mass is 884 g/mol. The molecule has 2 aromatic heterocycles. The molecule has 0 aliphatic heterocycles. The average Bonchev–Trinajstić information content (AvgIpc) is 3.85. The van der Waals surface area contributed by atoms with Gasteiger partial charge in [-0.1, -0.05) is 163 Å². The van der Waals surface area contributed by atoms with Crippen molar-refractivity contribution in [1.29, 1.82) is 0 Å². The smallest absolute Gasteiger partial charge is 0.149 e. The van der Waals surface area contributed by atoms with Crippen LogP contribution in [0.25, 0.3) is 72.7 Å². The molecule has 8 aromatic rings. The highest BCUT2D eigenvalue weighted by molar-refractivity contribution is 5.97. The third-order valence-corrected chi connectivity index (χ3v) is 12.8. The summed E-state index contributed by atoms with van der Waals surface area (Å²) in [6, 6.07) is 37.1. The lowest BCUT2D eigenvalue weighted by Gasteiger charge is -2.28. The first-order chi connectivity index (χ1) is 35.9. The molecule has 0 atom stereocenters. The Bertz CT molecular complexity index is 3460. The van der Waals surface area contributed by atoms with Gasteiger partial charge in [-0.05, 0) is 152 Å². The van der Waals surface area contributed by atoms with Crippen molar-refractivity contribution < 1.29 is 21.6 Å². The molecule has 0 saturated heterocycles. The van der Waals surface area contributed by atoms with Gasteiger partial charge in [0.2, 0.25) is 0 Å². The summed E-state index contributed by atoms with van der Waals surface area (Å²) < 4.78 is 109. The number of pyridine rings is 1. The van der Waals surface area contributed by atoms with Gasteiger partial charge in [0.1, 0.15) is 11.6 Å². The number of aryl methyl sites for hydroxylation is 2. The molecule has 0 unspecified atom stereocenters. The van der Waals surface area contributed by atoms with Gasteiger partial charge < -0.3 is 5.11 Å². The third kappa shape index (κ3) is 8.75. The fourth-order valence-corrected chi connectivity index (χ4v) is 9.10. The molecule has 0 saturated carbocycles. The van der Waals surface area contributed by atoms with Crippen molar-refractivity contribution in [3.05, 3.63) is 166 Å². The van der Waals surface area contributed by atoms with Gasteiger partial charge >= 0.3 is 0 Å². The van der Waals surface area contributed by atoms with E-state index in [1.54, 1.807) is 54.7 Å².